The molecule has 0 radical (unpaired) electrons. The maximum absolute atomic E-state index is 12.9. The van der Waals surface area contributed by atoms with Gasteiger partial charge in [0, 0.05) is 24.4 Å². The summed E-state index contributed by atoms with van der Waals surface area (Å²) in [6.45, 7) is 3.45. The number of rotatable bonds is 4. The van der Waals surface area contributed by atoms with E-state index in [4.69, 9.17) is 0 Å². The second-order valence-electron chi connectivity index (χ2n) is 3.55. The van der Waals surface area contributed by atoms with Crippen LogP contribution in [0.5, 0.6) is 0 Å². The Bertz CT molecular complexity index is 454. The highest BCUT2D eigenvalue weighted by Gasteiger charge is 2.17. The van der Waals surface area contributed by atoms with Gasteiger partial charge in [-0.05, 0) is 19.4 Å². The molecule has 0 aliphatic carbocycles. The van der Waals surface area contributed by atoms with Crippen molar-refractivity contribution in [2.75, 3.05) is 0 Å². The Hall–Kier alpha value is -1.71. The predicted octanol–water partition coefficient (Wildman–Crippen LogP) is 3.59. The molecule has 0 aromatic carbocycles. The third kappa shape index (κ3) is 3.37. The maximum Gasteiger partial charge on any atom is 0.264 e. The van der Waals surface area contributed by atoms with Gasteiger partial charge in [-0.25, -0.2) is 8.78 Å². The van der Waals surface area contributed by atoms with Crippen LogP contribution in [0.15, 0.2) is 42.3 Å². The minimum absolute atomic E-state index is 0.0242. The third-order valence-corrected chi connectivity index (χ3v) is 2.33. The molecule has 1 aromatic heterocycles. The molecule has 0 saturated heterocycles. The zero-order valence-electron chi connectivity index (χ0n) is 10.2. The van der Waals surface area contributed by atoms with Crippen molar-refractivity contribution < 1.29 is 8.78 Å². The van der Waals surface area contributed by atoms with Crippen LogP contribution < -0.4 is 0 Å². The molecule has 4 heteroatoms. The summed E-state index contributed by atoms with van der Waals surface area (Å²) < 4.78 is 27.4. The van der Waals surface area contributed by atoms with Crippen molar-refractivity contribution in [3.05, 3.63) is 47.8 Å². The van der Waals surface area contributed by atoms with Gasteiger partial charge in [-0.1, -0.05) is 24.3 Å². The van der Waals surface area contributed by atoms with Crippen LogP contribution in [-0.2, 0) is 7.05 Å². The molecule has 1 heterocycles. The second-order valence-corrected chi connectivity index (χ2v) is 3.55. The highest BCUT2D eigenvalue weighted by atomic mass is 19.3. The first-order valence-electron chi connectivity index (χ1n) is 5.36. The van der Waals surface area contributed by atoms with Crippen molar-refractivity contribution in [3.63, 3.8) is 0 Å². The normalized spacial score (nSPS) is 14.0. The smallest absolute Gasteiger partial charge is 0.264 e. The van der Waals surface area contributed by atoms with Crippen molar-refractivity contribution in [1.82, 2.24) is 9.78 Å². The Morgan fingerprint density at radius 3 is 2.53 bits per heavy atom. The topological polar surface area (TPSA) is 17.8 Å². The van der Waals surface area contributed by atoms with E-state index in [1.54, 1.807) is 49.3 Å². The largest absolute Gasteiger partial charge is 0.275 e. The van der Waals surface area contributed by atoms with E-state index >= 15 is 0 Å². The number of hydrogen-bond donors (Lipinski definition) is 0. The zero-order valence-corrected chi connectivity index (χ0v) is 10.2. The fraction of sp³-hybridized carbons (Fsp3) is 0.308. The first kappa shape index (κ1) is 13.4. The van der Waals surface area contributed by atoms with Crippen LogP contribution in [0.4, 0.5) is 8.78 Å². The average Bonchev–Trinajstić information content (AvgIpc) is 2.70. The van der Waals surface area contributed by atoms with E-state index in [0.29, 0.717) is 11.1 Å². The van der Waals surface area contributed by atoms with Gasteiger partial charge in [-0.3, -0.25) is 4.68 Å². The Morgan fingerprint density at radius 2 is 2.12 bits per heavy atom. The quantitative estimate of drug-likeness (QED) is 0.733. The summed E-state index contributed by atoms with van der Waals surface area (Å²) >= 11 is 0. The molecule has 0 unspecified atom stereocenters. The number of aryl methyl sites for hydroxylation is 1. The Labute approximate surface area is 100.0 Å². The van der Waals surface area contributed by atoms with E-state index in [1.165, 1.54) is 6.08 Å². The monoisotopic (exact) mass is 238 g/mol. The van der Waals surface area contributed by atoms with Gasteiger partial charge in [0.25, 0.3) is 6.43 Å². The summed E-state index contributed by atoms with van der Waals surface area (Å²) in [6, 6.07) is 0. The Kier molecular flexibility index (Phi) is 4.82. The predicted molar refractivity (Wildman–Crippen MR) is 65.8 cm³/mol. The lowest BCUT2D eigenvalue weighted by atomic mass is 10.00. The number of nitrogens with zero attached hydrogens (tertiary/aromatic N) is 2. The second kappa shape index (κ2) is 6.13. The summed E-state index contributed by atoms with van der Waals surface area (Å²) in [7, 11) is 1.76. The lowest BCUT2D eigenvalue weighted by Crippen LogP contribution is -1.99. The summed E-state index contributed by atoms with van der Waals surface area (Å²) in [5, 5.41) is 4.00. The highest BCUT2D eigenvalue weighted by Crippen LogP contribution is 2.27. The summed E-state index contributed by atoms with van der Waals surface area (Å²) in [5.41, 5.74) is 1.23. The number of aromatic nitrogens is 2. The average molecular weight is 238 g/mol. The fourth-order valence-corrected chi connectivity index (χ4v) is 1.51. The van der Waals surface area contributed by atoms with Gasteiger partial charge in [0.1, 0.15) is 0 Å². The van der Waals surface area contributed by atoms with Crippen LogP contribution in [0.2, 0.25) is 0 Å². The van der Waals surface area contributed by atoms with E-state index in [0.717, 1.165) is 0 Å². The maximum atomic E-state index is 12.9. The lowest BCUT2D eigenvalue weighted by Gasteiger charge is -2.08. The van der Waals surface area contributed by atoms with Crippen molar-refractivity contribution in [3.8, 4) is 0 Å². The van der Waals surface area contributed by atoms with E-state index < -0.39 is 6.43 Å². The zero-order chi connectivity index (χ0) is 12.8. The van der Waals surface area contributed by atoms with Gasteiger partial charge in [0.05, 0.1) is 6.20 Å². The molecule has 2 nitrogen and oxygen atoms in total. The summed E-state index contributed by atoms with van der Waals surface area (Å²) in [5.74, 6) is 0. The highest BCUT2D eigenvalue weighted by molar-refractivity contribution is 5.80. The minimum atomic E-state index is -2.49. The molecule has 0 amide bonds. The van der Waals surface area contributed by atoms with Crippen molar-refractivity contribution in [2.24, 2.45) is 7.05 Å². The number of alkyl halides is 2. The molecule has 0 N–H and O–H groups in total. The van der Waals surface area contributed by atoms with Gasteiger partial charge in [-0.2, -0.15) is 5.10 Å². The molecule has 92 valence electrons. The first-order valence-corrected chi connectivity index (χ1v) is 5.36. The number of halogens is 2. The first-order chi connectivity index (χ1) is 8.10. The molecule has 0 bridgehead atoms. The molecule has 0 fully saturated rings. The van der Waals surface area contributed by atoms with Crippen LogP contribution in [-0.4, -0.2) is 16.2 Å². The molecular formula is C13H16F2N2. The molecule has 0 atom stereocenters. The summed E-state index contributed by atoms with van der Waals surface area (Å²) in [6.07, 6.45) is 7.48. The standard InChI is InChI=1S/C13H16F2N2/c1-4-6-7-12(11(5-2)13(14)15)10-8-16-17(3)9-10/h4-9,13H,1-3H3/b6-4+,11-5+,12-7-. The molecule has 0 aliphatic rings. The van der Waals surface area contributed by atoms with Crippen LogP contribution >= 0.6 is 0 Å². The van der Waals surface area contributed by atoms with Gasteiger partial charge in [-0.15, -0.1) is 0 Å². The van der Waals surface area contributed by atoms with E-state index in [2.05, 4.69) is 5.10 Å². The van der Waals surface area contributed by atoms with E-state index in [-0.39, 0.29) is 5.57 Å². The molecular weight excluding hydrogens is 222 g/mol. The van der Waals surface area contributed by atoms with E-state index in [1.807, 2.05) is 6.92 Å². The van der Waals surface area contributed by atoms with Crippen molar-refractivity contribution >= 4 is 5.57 Å². The van der Waals surface area contributed by atoms with E-state index in [9.17, 15) is 8.78 Å². The molecule has 0 aliphatic heterocycles. The molecule has 0 spiro atoms. The van der Waals surface area contributed by atoms with Gasteiger partial charge >= 0.3 is 0 Å². The van der Waals surface area contributed by atoms with Crippen LogP contribution in [0.25, 0.3) is 5.57 Å². The van der Waals surface area contributed by atoms with Crippen LogP contribution in [0, 0.1) is 0 Å². The molecule has 0 saturated carbocycles. The summed E-state index contributed by atoms with van der Waals surface area (Å²) in [4.78, 5) is 0. The van der Waals surface area contributed by atoms with Gasteiger partial charge in [0.15, 0.2) is 0 Å². The minimum Gasteiger partial charge on any atom is -0.275 e. The molecule has 1 aromatic rings. The Morgan fingerprint density at radius 1 is 1.41 bits per heavy atom. The SMILES string of the molecule is C/C=C/C=C(\C(=C/C)C(F)F)c1cnn(C)c1. The van der Waals surface area contributed by atoms with Crippen LogP contribution in [0.3, 0.4) is 0 Å². The Balaban J connectivity index is 3.22. The van der Waals surface area contributed by atoms with Crippen molar-refractivity contribution in [1.29, 1.82) is 0 Å². The number of allylic oxidation sites excluding steroid dienone is 6. The van der Waals surface area contributed by atoms with Crippen molar-refractivity contribution in [2.45, 2.75) is 20.3 Å². The molecule has 17 heavy (non-hydrogen) atoms. The van der Waals surface area contributed by atoms with Gasteiger partial charge in [0.2, 0.25) is 0 Å². The van der Waals surface area contributed by atoms with Gasteiger partial charge < -0.3 is 0 Å². The molecule has 1 rings (SSSR count). The fourth-order valence-electron chi connectivity index (χ4n) is 1.51. The third-order valence-electron chi connectivity index (χ3n) is 2.33. The lowest BCUT2D eigenvalue weighted by molar-refractivity contribution is 0.195. The number of hydrogen-bond acceptors (Lipinski definition) is 1. The van der Waals surface area contributed by atoms with Crippen LogP contribution in [0.1, 0.15) is 19.4 Å².